The van der Waals surface area contributed by atoms with E-state index in [0.717, 1.165) is 0 Å². The van der Waals surface area contributed by atoms with Gasteiger partial charge in [-0.2, -0.15) is 11.8 Å². The van der Waals surface area contributed by atoms with Crippen LogP contribution in [0.3, 0.4) is 0 Å². The summed E-state index contributed by atoms with van der Waals surface area (Å²) in [5.41, 5.74) is 6.58. The molecule has 1 aromatic rings. The van der Waals surface area contributed by atoms with E-state index >= 15 is 0 Å². The molecule has 1 aromatic carbocycles. The Morgan fingerprint density at radius 3 is 2.79 bits per heavy atom. The fourth-order valence-electron chi connectivity index (χ4n) is 1.72. The molecule has 0 heterocycles. The van der Waals surface area contributed by atoms with Crippen molar-refractivity contribution < 1.29 is 14.6 Å². The number of anilines is 1. The Balaban J connectivity index is 2.86. The zero-order chi connectivity index (χ0) is 14.4. The number of carbonyl (C=O) groups is 1. The number of benzene rings is 1. The van der Waals surface area contributed by atoms with Gasteiger partial charge in [0.1, 0.15) is 5.75 Å². The number of nitrogen functional groups attached to an aromatic ring is 1. The molecular formula is C13H20N2O3S. The summed E-state index contributed by atoms with van der Waals surface area (Å²) in [4.78, 5) is 12.2. The molecular weight excluding hydrogens is 264 g/mol. The third kappa shape index (κ3) is 4.04. The second-order valence-electron chi connectivity index (χ2n) is 4.18. The Bertz CT molecular complexity index is 436. The smallest absolute Gasteiger partial charge is 0.255 e. The van der Waals surface area contributed by atoms with Crippen molar-refractivity contribution in [2.45, 2.75) is 18.2 Å². The first-order valence-electron chi connectivity index (χ1n) is 5.91. The summed E-state index contributed by atoms with van der Waals surface area (Å²) in [5.74, 6) is 0.216. The summed E-state index contributed by atoms with van der Waals surface area (Å²) in [6.07, 6.45) is 1.89. The molecule has 4 N–H and O–H groups in total. The highest BCUT2D eigenvalue weighted by Crippen LogP contribution is 2.21. The van der Waals surface area contributed by atoms with E-state index in [4.69, 9.17) is 10.5 Å². The second-order valence-corrected chi connectivity index (χ2v) is 5.26. The monoisotopic (exact) mass is 284 g/mol. The number of rotatable bonds is 6. The van der Waals surface area contributed by atoms with Crippen molar-refractivity contribution in [2.24, 2.45) is 0 Å². The Morgan fingerprint density at radius 1 is 1.58 bits per heavy atom. The number of aliphatic hydroxyl groups excluding tert-OH is 1. The number of hydrogen-bond donors (Lipinski definition) is 3. The quantitative estimate of drug-likeness (QED) is 0.682. The maximum Gasteiger partial charge on any atom is 0.255 e. The fourth-order valence-corrected chi connectivity index (χ4v) is 2.34. The van der Waals surface area contributed by atoms with Gasteiger partial charge in [-0.25, -0.2) is 0 Å². The largest absolute Gasteiger partial charge is 0.496 e. The van der Waals surface area contributed by atoms with Gasteiger partial charge in [0.2, 0.25) is 0 Å². The van der Waals surface area contributed by atoms with Crippen LogP contribution in [0.5, 0.6) is 5.75 Å². The first-order chi connectivity index (χ1) is 9.03. The molecule has 0 saturated heterocycles. The number of nitrogens with two attached hydrogens (primary N) is 1. The van der Waals surface area contributed by atoms with Crippen molar-refractivity contribution in [1.29, 1.82) is 0 Å². The molecule has 1 rings (SSSR count). The number of ether oxygens (including phenoxy) is 1. The molecule has 1 amide bonds. The molecule has 0 bridgehead atoms. The minimum atomic E-state index is -0.260. The molecule has 0 fully saturated rings. The molecule has 0 aliphatic carbocycles. The molecule has 106 valence electrons. The lowest BCUT2D eigenvalue weighted by atomic mass is 10.1. The van der Waals surface area contributed by atoms with Crippen molar-refractivity contribution in [3.05, 3.63) is 23.8 Å². The van der Waals surface area contributed by atoms with Crippen LogP contribution in [-0.4, -0.2) is 42.3 Å². The second kappa shape index (κ2) is 7.25. The fraction of sp³-hybridized carbons (Fsp3) is 0.462. The molecule has 0 radical (unpaired) electrons. The van der Waals surface area contributed by atoms with Crippen molar-refractivity contribution in [3.8, 4) is 5.75 Å². The summed E-state index contributed by atoms with van der Waals surface area (Å²) < 4.78 is 5.15. The number of aliphatic hydroxyl groups is 1. The van der Waals surface area contributed by atoms with Gasteiger partial charge in [-0.05, 0) is 31.4 Å². The van der Waals surface area contributed by atoms with E-state index in [-0.39, 0.29) is 23.8 Å². The standard InChI is InChI=1S/C13H20N2O3S/c1-8(12(7-16)19-3)15-13(17)10-6-9(14)4-5-11(10)18-2/h4-6,8,12,16H,7,14H2,1-3H3,(H,15,17). The lowest BCUT2D eigenvalue weighted by molar-refractivity contribution is 0.0933. The van der Waals surface area contributed by atoms with E-state index in [1.807, 2.05) is 13.2 Å². The van der Waals surface area contributed by atoms with E-state index < -0.39 is 0 Å². The summed E-state index contributed by atoms with van der Waals surface area (Å²) in [6, 6.07) is 4.76. The number of nitrogens with one attached hydrogen (secondary N) is 1. The first kappa shape index (κ1) is 15.7. The van der Waals surface area contributed by atoms with Gasteiger partial charge in [-0.1, -0.05) is 0 Å². The average Bonchev–Trinajstić information content (AvgIpc) is 2.40. The Hall–Kier alpha value is -1.40. The molecule has 0 aliphatic rings. The van der Waals surface area contributed by atoms with Crippen molar-refractivity contribution in [2.75, 3.05) is 25.7 Å². The Labute approximate surface area is 117 Å². The van der Waals surface area contributed by atoms with Gasteiger partial charge in [0.25, 0.3) is 5.91 Å². The predicted molar refractivity (Wildman–Crippen MR) is 78.7 cm³/mol. The molecule has 0 aliphatic heterocycles. The molecule has 5 nitrogen and oxygen atoms in total. The topological polar surface area (TPSA) is 84.6 Å². The van der Waals surface area contributed by atoms with Gasteiger partial charge < -0.3 is 20.9 Å². The van der Waals surface area contributed by atoms with Gasteiger partial charge in [0.05, 0.1) is 19.3 Å². The molecule has 2 unspecified atom stereocenters. The SMILES string of the molecule is COc1ccc(N)cc1C(=O)NC(C)C(CO)SC. The summed E-state index contributed by atoms with van der Waals surface area (Å²) in [5, 5.41) is 12.0. The zero-order valence-corrected chi connectivity index (χ0v) is 12.2. The van der Waals surface area contributed by atoms with Gasteiger partial charge >= 0.3 is 0 Å². The van der Waals surface area contributed by atoms with Crippen LogP contribution in [0.4, 0.5) is 5.69 Å². The van der Waals surface area contributed by atoms with Crippen molar-refractivity contribution >= 4 is 23.4 Å². The van der Waals surface area contributed by atoms with Crippen molar-refractivity contribution in [1.82, 2.24) is 5.32 Å². The predicted octanol–water partition coefficient (Wildman–Crippen LogP) is 1.12. The number of hydrogen-bond acceptors (Lipinski definition) is 5. The molecule has 2 atom stereocenters. The number of amides is 1. The minimum absolute atomic E-state index is 0.0106. The highest BCUT2D eigenvalue weighted by atomic mass is 32.2. The summed E-state index contributed by atoms with van der Waals surface area (Å²) in [6.45, 7) is 1.87. The Morgan fingerprint density at radius 2 is 2.26 bits per heavy atom. The zero-order valence-electron chi connectivity index (χ0n) is 11.3. The van der Waals surface area contributed by atoms with Gasteiger partial charge in [-0.3, -0.25) is 4.79 Å². The van der Waals surface area contributed by atoms with E-state index in [2.05, 4.69) is 5.32 Å². The Kier molecular flexibility index (Phi) is 5.98. The van der Waals surface area contributed by atoms with Gasteiger partial charge in [-0.15, -0.1) is 0 Å². The third-order valence-corrected chi connectivity index (χ3v) is 4.03. The van der Waals surface area contributed by atoms with E-state index in [1.54, 1.807) is 18.2 Å². The minimum Gasteiger partial charge on any atom is -0.496 e. The maximum atomic E-state index is 12.2. The summed E-state index contributed by atoms with van der Waals surface area (Å²) >= 11 is 1.51. The van der Waals surface area contributed by atoms with Gasteiger partial charge in [0.15, 0.2) is 0 Å². The van der Waals surface area contributed by atoms with Crippen LogP contribution in [0.15, 0.2) is 18.2 Å². The number of carbonyl (C=O) groups excluding carboxylic acids is 1. The first-order valence-corrected chi connectivity index (χ1v) is 7.20. The maximum absolute atomic E-state index is 12.2. The van der Waals surface area contributed by atoms with E-state index in [9.17, 15) is 9.90 Å². The highest BCUT2D eigenvalue weighted by molar-refractivity contribution is 7.99. The third-order valence-electron chi connectivity index (χ3n) is 2.87. The normalized spacial score (nSPS) is 13.7. The van der Waals surface area contributed by atoms with Crippen LogP contribution in [0.2, 0.25) is 0 Å². The van der Waals surface area contributed by atoms with Crippen LogP contribution in [0.1, 0.15) is 17.3 Å². The van der Waals surface area contributed by atoms with E-state index in [1.165, 1.54) is 18.9 Å². The lowest BCUT2D eigenvalue weighted by Gasteiger charge is -2.21. The van der Waals surface area contributed by atoms with Crippen LogP contribution in [0, 0.1) is 0 Å². The molecule has 0 saturated carbocycles. The van der Waals surface area contributed by atoms with Crippen LogP contribution in [0.25, 0.3) is 0 Å². The van der Waals surface area contributed by atoms with Crippen LogP contribution < -0.4 is 15.8 Å². The van der Waals surface area contributed by atoms with E-state index in [0.29, 0.717) is 17.0 Å². The number of methoxy groups -OCH3 is 1. The van der Waals surface area contributed by atoms with Crippen LogP contribution in [-0.2, 0) is 0 Å². The molecule has 6 heteroatoms. The lowest BCUT2D eigenvalue weighted by Crippen LogP contribution is -2.41. The molecule has 0 spiro atoms. The van der Waals surface area contributed by atoms with Gasteiger partial charge in [0, 0.05) is 17.0 Å². The number of thioether (sulfide) groups is 1. The van der Waals surface area contributed by atoms with Crippen molar-refractivity contribution in [3.63, 3.8) is 0 Å². The highest BCUT2D eigenvalue weighted by Gasteiger charge is 2.20. The van der Waals surface area contributed by atoms with Crippen LogP contribution >= 0.6 is 11.8 Å². The molecule has 0 aromatic heterocycles. The molecule has 19 heavy (non-hydrogen) atoms. The summed E-state index contributed by atoms with van der Waals surface area (Å²) in [7, 11) is 1.50. The average molecular weight is 284 g/mol.